The van der Waals surface area contributed by atoms with E-state index in [0.717, 1.165) is 24.6 Å². The zero-order valence-corrected chi connectivity index (χ0v) is 14.3. The van der Waals surface area contributed by atoms with Gasteiger partial charge >= 0.3 is 0 Å². The fraction of sp³-hybridized carbons (Fsp3) is 0.647. The lowest BCUT2D eigenvalue weighted by Gasteiger charge is -2.26. The van der Waals surface area contributed by atoms with Crippen molar-refractivity contribution in [2.75, 3.05) is 39.8 Å². The average Bonchev–Trinajstić information content (AvgIpc) is 2.60. The van der Waals surface area contributed by atoms with E-state index in [9.17, 15) is 0 Å². The van der Waals surface area contributed by atoms with Gasteiger partial charge in [0.25, 0.3) is 0 Å². The molecule has 0 bridgehead atoms. The summed E-state index contributed by atoms with van der Waals surface area (Å²) < 4.78 is 5.55. The Morgan fingerprint density at radius 2 is 2.13 bits per heavy atom. The van der Waals surface area contributed by atoms with Gasteiger partial charge in [0.15, 0.2) is 5.96 Å². The molecule has 6 heteroatoms. The molecule has 0 saturated carbocycles. The quantitative estimate of drug-likeness (QED) is 0.591. The Balaban J connectivity index is 1.74. The van der Waals surface area contributed by atoms with Crippen LogP contribution in [0.2, 0.25) is 0 Å². The van der Waals surface area contributed by atoms with Crippen LogP contribution in [0.25, 0.3) is 0 Å². The standard InChI is InChI=1S/C17H29N5O/c1-3-23-16-15(8-7-9-19-16)14-21-17(18-2)20-10-13-22-11-5-4-6-12-22/h7-9H,3-6,10-14H2,1-2H3,(H2,18,20,21). The lowest BCUT2D eigenvalue weighted by atomic mass is 10.1. The van der Waals surface area contributed by atoms with Gasteiger partial charge in [-0.1, -0.05) is 12.5 Å². The van der Waals surface area contributed by atoms with Crippen LogP contribution in [0, 0.1) is 0 Å². The Hall–Kier alpha value is -1.82. The van der Waals surface area contributed by atoms with Crippen molar-refractivity contribution >= 4 is 5.96 Å². The highest BCUT2D eigenvalue weighted by atomic mass is 16.5. The Morgan fingerprint density at radius 1 is 1.30 bits per heavy atom. The molecule has 1 aromatic heterocycles. The van der Waals surface area contributed by atoms with Gasteiger partial charge in [-0.15, -0.1) is 0 Å². The maximum absolute atomic E-state index is 5.55. The molecular weight excluding hydrogens is 290 g/mol. The van der Waals surface area contributed by atoms with E-state index in [1.165, 1.54) is 32.4 Å². The first kappa shape index (κ1) is 17.5. The van der Waals surface area contributed by atoms with Crippen LogP contribution in [0.15, 0.2) is 23.3 Å². The fourth-order valence-corrected chi connectivity index (χ4v) is 2.74. The number of aliphatic imine (C=N–C) groups is 1. The van der Waals surface area contributed by atoms with Crippen LogP contribution in [0.3, 0.4) is 0 Å². The van der Waals surface area contributed by atoms with E-state index in [1.54, 1.807) is 13.2 Å². The number of pyridine rings is 1. The molecule has 0 aromatic carbocycles. The molecule has 0 radical (unpaired) electrons. The number of nitrogens with zero attached hydrogens (tertiary/aromatic N) is 3. The van der Waals surface area contributed by atoms with Crippen molar-refractivity contribution in [1.82, 2.24) is 20.5 Å². The first-order valence-corrected chi connectivity index (χ1v) is 8.57. The third-order valence-corrected chi connectivity index (χ3v) is 3.97. The Morgan fingerprint density at radius 3 is 2.87 bits per heavy atom. The summed E-state index contributed by atoms with van der Waals surface area (Å²) in [7, 11) is 1.79. The minimum Gasteiger partial charge on any atom is -0.478 e. The van der Waals surface area contributed by atoms with E-state index < -0.39 is 0 Å². The Bertz CT molecular complexity index is 486. The Labute approximate surface area is 139 Å². The van der Waals surface area contributed by atoms with Gasteiger partial charge in [0.2, 0.25) is 5.88 Å². The van der Waals surface area contributed by atoms with E-state index in [2.05, 4.69) is 25.5 Å². The van der Waals surface area contributed by atoms with Gasteiger partial charge in [0, 0.05) is 38.4 Å². The largest absolute Gasteiger partial charge is 0.478 e. The van der Waals surface area contributed by atoms with Crippen LogP contribution < -0.4 is 15.4 Å². The average molecular weight is 319 g/mol. The molecule has 1 aromatic rings. The predicted molar refractivity (Wildman–Crippen MR) is 93.9 cm³/mol. The first-order chi connectivity index (χ1) is 11.3. The highest BCUT2D eigenvalue weighted by Gasteiger charge is 2.10. The van der Waals surface area contributed by atoms with Crippen molar-refractivity contribution in [2.45, 2.75) is 32.7 Å². The van der Waals surface area contributed by atoms with Gasteiger partial charge in [0.1, 0.15) is 0 Å². The third kappa shape index (κ3) is 6.06. The van der Waals surface area contributed by atoms with Crippen LogP contribution in [0.1, 0.15) is 31.7 Å². The highest BCUT2D eigenvalue weighted by molar-refractivity contribution is 5.79. The highest BCUT2D eigenvalue weighted by Crippen LogP contribution is 2.13. The second kappa shape index (κ2) is 10.0. The molecule has 1 aliphatic heterocycles. The molecule has 128 valence electrons. The summed E-state index contributed by atoms with van der Waals surface area (Å²) in [4.78, 5) is 11.1. The molecule has 0 atom stereocenters. The van der Waals surface area contributed by atoms with Gasteiger partial charge in [-0.3, -0.25) is 4.99 Å². The molecule has 0 spiro atoms. The maximum atomic E-state index is 5.55. The van der Waals surface area contributed by atoms with Crippen LogP contribution >= 0.6 is 0 Å². The number of ether oxygens (including phenoxy) is 1. The summed E-state index contributed by atoms with van der Waals surface area (Å²) in [6, 6.07) is 3.94. The number of hydrogen-bond acceptors (Lipinski definition) is 4. The normalized spacial score (nSPS) is 16.2. The summed E-state index contributed by atoms with van der Waals surface area (Å²) in [5.74, 6) is 1.50. The summed E-state index contributed by atoms with van der Waals surface area (Å²) in [5, 5.41) is 6.70. The molecule has 0 amide bonds. The molecule has 1 aliphatic rings. The van der Waals surface area contributed by atoms with Gasteiger partial charge < -0.3 is 20.3 Å². The third-order valence-electron chi connectivity index (χ3n) is 3.97. The summed E-state index contributed by atoms with van der Waals surface area (Å²) in [6.45, 7) is 7.65. The van der Waals surface area contributed by atoms with Crippen molar-refractivity contribution in [3.05, 3.63) is 23.9 Å². The van der Waals surface area contributed by atoms with E-state index in [1.807, 2.05) is 19.1 Å². The number of nitrogens with one attached hydrogen (secondary N) is 2. The minimum atomic E-state index is 0.618. The van der Waals surface area contributed by atoms with E-state index in [-0.39, 0.29) is 0 Å². The lowest BCUT2D eigenvalue weighted by Crippen LogP contribution is -2.42. The zero-order chi connectivity index (χ0) is 16.3. The SMILES string of the molecule is CCOc1ncccc1CNC(=NC)NCCN1CCCCC1. The molecule has 0 unspecified atom stereocenters. The first-order valence-electron chi connectivity index (χ1n) is 8.57. The van der Waals surface area contributed by atoms with Crippen molar-refractivity contribution in [1.29, 1.82) is 0 Å². The number of aromatic nitrogens is 1. The number of guanidine groups is 1. The second-order valence-electron chi connectivity index (χ2n) is 5.66. The molecule has 0 aliphatic carbocycles. The summed E-state index contributed by atoms with van der Waals surface area (Å²) in [6.07, 6.45) is 5.78. The van der Waals surface area contributed by atoms with Crippen LogP contribution in [0.5, 0.6) is 5.88 Å². The molecule has 1 fully saturated rings. The number of hydrogen-bond donors (Lipinski definition) is 2. The van der Waals surface area contributed by atoms with Gasteiger partial charge in [-0.25, -0.2) is 4.98 Å². The predicted octanol–water partition coefficient (Wildman–Crippen LogP) is 1.63. The molecule has 23 heavy (non-hydrogen) atoms. The summed E-state index contributed by atoms with van der Waals surface area (Å²) in [5.41, 5.74) is 1.04. The second-order valence-corrected chi connectivity index (χ2v) is 5.66. The van der Waals surface area contributed by atoms with E-state index in [4.69, 9.17) is 4.74 Å². The molecule has 6 nitrogen and oxygen atoms in total. The zero-order valence-electron chi connectivity index (χ0n) is 14.3. The topological polar surface area (TPSA) is 61.8 Å². The fourth-order valence-electron chi connectivity index (χ4n) is 2.74. The van der Waals surface area contributed by atoms with Gasteiger partial charge in [-0.05, 0) is 38.9 Å². The molecule has 2 N–H and O–H groups in total. The van der Waals surface area contributed by atoms with Gasteiger partial charge in [0.05, 0.1) is 6.61 Å². The number of rotatable bonds is 7. The van der Waals surface area contributed by atoms with Crippen molar-refractivity contribution in [2.24, 2.45) is 4.99 Å². The molecule has 1 saturated heterocycles. The Kier molecular flexibility index (Phi) is 7.66. The number of piperidine rings is 1. The monoisotopic (exact) mass is 319 g/mol. The smallest absolute Gasteiger partial charge is 0.218 e. The summed E-state index contributed by atoms with van der Waals surface area (Å²) >= 11 is 0. The maximum Gasteiger partial charge on any atom is 0.218 e. The van der Waals surface area contributed by atoms with Crippen molar-refractivity contribution < 1.29 is 4.74 Å². The van der Waals surface area contributed by atoms with Crippen molar-refractivity contribution in [3.63, 3.8) is 0 Å². The van der Waals surface area contributed by atoms with Gasteiger partial charge in [-0.2, -0.15) is 0 Å². The molecular formula is C17H29N5O. The van der Waals surface area contributed by atoms with E-state index >= 15 is 0 Å². The number of likely N-dealkylation sites (tertiary alicyclic amines) is 1. The van der Waals surface area contributed by atoms with E-state index in [0.29, 0.717) is 19.0 Å². The van der Waals surface area contributed by atoms with Crippen LogP contribution in [-0.2, 0) is 6.54 Å². The van der Waals surface area contributed by atoms with Crippen molar-refractivity contribution in [3.8, 4) is 5.88 Å². The van der Waals surface area contributed by atoms with Crippen LogP contribution in [-0.4, -0.2) is 55.7 Å². The molecule has 2 heterocycles. The molecule has 2 rings (SSSR count). The lowest BCUT2D eigenvalue weighted by molar-refractivity contribution is 0.232. The minimum absolute atomic E-state index is 0.618. The van der Waals surface area contributed by atoms with Crippen LogP contribution in [0.4, 0.5) is 0 Å².